The molecule has 0 saturated carbocycles. The van der Waals surface area contributed by atoms with Crippen molar-refractivity contribution in [2.24, 2.45) is 4.40 Å². The SMILES string of the molecule is CCNN1C(c2ccncc2)=NS(=O)(=O)c2cccc(Cl)c21. The van der Waals surface area contributed by atoms with Crippen molar-refractivity contribution in [1.82, 2.24) is 10.4 Å². The lowest BCUT2D eigenvalue weighted by atomic mass is 10.2. The summed E-state index contributed by atoms with van der Waals surface area (Å²) in [6.07, 6.45) is 3.16. The number of fused-ring (bicyclic) bond motifs is 1. The minimum Gasteiger partial charge on any atom is -0.265 e. The molecule has 2 aromatic rings. The highest BCUT2D eigenvalue weighted by Gasteiger charge is 2.33. The van der Waals surface area contributed by atoms with Crippen LogP contribution in [0.3, 0.4) is 0 Å². The number of rotatable bonds is 3. The number of aromatic nitrogens is 1. The van der Waals surface area contributed by atoms with Crippen LogP contribution in [0.15, 0.2) is 52.0 Å². The summed E-state index contributed by atoms with van der Waals surface area (Å²) >= 11 is 6.24. The molecule has 1 N–H and O–H groups in total. The molecule has 2 heterocycles. The topological polar surface area (TPSA) is 74.7 Å². The molecule has 0 fully saturated rings. The molecule has 0 aliphatic carbocycles. The summed E-state index contributed by atoms with van der Waals surface area (Å²) in [5, 5.41) is 1.94. The van der Waals surface area contributed by atoms with Crippen molar-refractivity contribution in [3.63, 3.8) is 0 Å². The van der Waals surface area contributed by atoms with Gasteiger partial charge in [0.25, 0.3) is 10.0 Å². The van der Waals surface area contributed by atoms with E-state index in [9.17, 15) is 8.42 Å². The minimum absolute atomic E-state index is 0.0822. The van der Waals surface area contributed by atoms with E-state index in [0.717, 1.165) is 0 Å². The van der Waals surface area contributed by atoms with E-state index in [1.807, 2.05) is 6.92 Å². The summed E-state index contributed by atoms with van der Waals surface area (Å²) in [4.78, 5) is 4.02. The quantitative estimate of drug-likeness (QED) is 0.930. The number of benzene rings is 1. The van der Waals surface area contributed by atoms with Crippen molar-refractivity contribution in [2.45, 2.75) is 11.8 Å². The normalized spacial score (nSPS) is 16.1. The fourth-order valence-corrected chi connectivity index (χ4v) is 3.75. The average Bonchev–Trinajstić information content (AvgIpc) is 2.51. The molecule has 0 radical (unpaired) electrons. The predicted molar refractivity (Wildman–Crippen MR) is 85.6 cm³/mol. The Bertz CT molecular complexity index is 837. The molecule has 0 bridgehead atoms. The molecule has 0 atom stereocenters. The third kappa shape index (κ3) is 2.47. The van der Waals surface area contributed by atoms with E-state index >= 15 is 0 Å². The molecule has 1 aliphatic rings. The number of hydrazine groups is 1. The number of para-hydroxylation sites is 1. The summed E-state index contributed by atoms with van der Waals surface area (Å²) in [7, 11) is -3.81. The molecule has 3 rings (SSSR count). The highest BCUT2D eigenvalue weighted by molar-refractivity contribution is 7.90. The van der Waals surface area contributed by atoms with Gasteiger partial charge < -0.3 is 0 Å². The molecule has 1 aliphatic heterocycles. The van der Waals surface area contributed by atoms with Crippen LogP contribution in [0.4, 0.5) is 5.69 Å². The van der Waals surface area contributed by atoms with Crippen molar-refractivity contribution in [2.75, 3.05) is 11.6 Å². The van der Waals surface area contributed by atoms with Crippen LogP contribution in [0.1, 0.15) is 12.5 Å². The fourth-order valence-electron chi connectivity index (χ4n) is 2.23. The van der Waals surface area contributed by atoms with Gasteiger partial charge in [-0.15, -0.1) is 4.40 Å². The number of nitrogens with zero attached hydrogens (tertiary/aromatic N) is 3. The fraction of sp³-hybridized carbons (Fsp3) is 0.143. The number of hydrogen-bond acceptors (Lipinski definition) is 5. The maximum atomic E-state index is 12.4. The van der Waals surface area contributed by atoms with Gasteiger partial charge in [0.2, 0.25) is 0 Å². The maximum absolute atomic E-state index is 12.4. The molecule has 8 heteroatoms. The molecule has 0 saturated heterocycles. The van der Waals surface area contributed by atoms with E-state index < -0.39 is 10.0 Å². The molecular weight excluding hydrogens is 324 g/mol. The minimum atomic E-state index is -3.81. The Balaban J connectivity index is 2.27. The Morgan fingerprint density at radius 1 is 1.23 bits per heavy atom. The zero-order valence-electron chi connectivity index (χ0n) is 11.7. The number of amidine groups is 1. The molecule has 114 valence electrons. The zero-order valence-corrected chi connectivity index (χ0v) is 13.3. The van der Waals surface area contributed by atoms with Crippen LogP contribution < -0.4 is 10.4 Å². The molecule has 1 aromatic carbocycles. The smallest absolute Gasteiger partial charge is 0.265 e. The molecule has 0 unspecified atom stereocenters. The number of sulfonamides is 1. The van der Waals surface area contributed by atoms with Gasteiger partial charge in [-0.05, 0) is 24.3 Å². The Morgan fingerprint density at radius 2 is 1.95 bits per heavy atom. The van der Waals surface area contributed by atoms with Crippen LogP contribution in [0, 0.1) is 0 Å². The maximum Gasteiger partial charge on any atom is 0.286 e. The van der Waals surface area contributed by atoms with Crippen LogP contribution in [0.5, 0.6) is 0 Å². The van der Waals surface area contributed by atoms with E-state index in [4.69, 9.17) is 11.6 Å². The Labute approximate surface area is 133 Å². The third-order valence-electron chi connectivity index (χ3n) is 3.12. The monoisotopic (exact) mass is 336 g/mol. The third-order valence-corrected chi connectivity index (χ3v) is 4.73. The largest absolute Gasteiger partial charge is 0.286 e. The molecular formula is C14H13ClN4O2S. The highest BCUT2D eigenvalue weighted by atomic mass is 35.5. The van der Waals surface area contributed by atoms with Gasteiger partial charge in [0.1, 0.15) is 4.90 Å². The molecule has 0 spiro atoms. The van der Waals surface area contributed by atoms with Crippen molar-refractivity contribution >= 4 is 33.1 Å². The number of hydrogen-bond donors (Lipinski definition) is 1. The van der Waals surface area contributed by atoms with Crippen LogP contribution in [0.2, 0.25) is 5.02 Å². The standard InChI is InChI=1S/C14H13ClN4O2S/c1-2-17-19-13-11(15)4-3-5-12(13)22(20,21)18-14(19)10-6-8-16-9-7-10/h3-9,17H,2H2,1H3. The first-order valence-corrected chi connectivity index (χ1v) is 8.44. The number of pyridine rings is 1. The summed E-state index contributed by atoms with van der Waals surface area (Å²) in [6.45, 7) is 2.48. The predicted octanol–water partition coefficient (Wildman–Crippen LogP) is 2.21. The highest BCUT2D eigenvalue weighted by Crippen LogP contribution is 2.37. The number of nitrogens with one attached hydrogen (secondary N) is 1. The zero-order chi connectivity index (χ0) is 15.7. The van der Waals surface area contributed by atoms with Crippen molar-refractivity contribution in [3.8, 4) is 0 Å². The number of halogens is 1. The van der Waals surface area contributed by atoms with Gasteiger partial charge in [-0.25, -0.2) is 5.43 Å². The number of anilines is 1. The molecule has 0 amide bonds. The van der Waals surface area contributed by atoms with Gasteiger partial charge >= 0.3 is 0 Å². The van der Waals surface area contributed by atoms with E-state index in [-0.39, 0.29) is 10.7 Å². The van der Waals surface area contributed by atoms with E-state index in [1.54, 1.807) is 41.7 Å². The van der Waals surface area contributed by atoms with Crippen LogP contribution in [0.25, 0.3) is 0 Å². The van der Waals surface area contributed by atoms with Gasteiger partial charge in [0.05, 0.1) is 10.7 Å². The Morgan fingerprint density at radius 3 is 2.64 bits per heavy atom. The lowest BCUT2D eigenvalue weighted by molar-refractivity contribution is 0.595. The van der Waals surface area contributed by atoms with Crippen LogP contribution >= 0.6 is 11.6 Å². The first-order chi connectivity index (χ1) is 10.5. The lowest BCUT2D eigenvalue weighted by Crippen LogP contribution is -2.46. The summed E-state index contributed by atoms with van der Waals surface area (Å²) in [5.74, 6) is 0.268. The Hall–Kier alpha value is -1.96. The van der Waals surface area contributed by atoms with Gasteiger partial charge in [-0.2, -0.15) is 8.42 Å². The van der Waals surface area contributed by atoms with Crippen LogP contribution in [-0.4, -0.2) is 25.8 Å². The van der Waals surface area contributed by atoms with Crippen molar-refractivity contribution in [1.29, 1.82) is 0 Å². The van der Waals surface area contributed by atoms with Crippen molar-refractivity contribution < 1.29 is 8.42 Å². The van der Waals surface area contributed by atoms with E-state index in [2.05, 4.69) is 14.8 Å². The van der Waals surface area contributed by atoms with Crippen LogP contribution in [-0.2, 0) is 10.0 Å². The molecule has 22 heavy (non-hydrogen) atoms. The summed E-state index contributed by atoms with van der Waals surface area (Å²) in [6, 6.07) is 8.13. The van der Waals surface area contributed by atoms with E-state index in [0.29, 0.717) is 22.8 Å². The van der Waals surface area contributed by atoms with Gasteiger partial charge in [-0.3, -0.25) is 9.99 Å². The second-order valence-corrected chi connectivity index (χ2v) is 6.54. The average molecular weight is 337 g/mol. The molecule has 1 aromatic heterocycles. The van der Waals surface area contributed by atoms with Gasteiger partial charge in [0.15, 0.2) is 5.84 Å². The Kier molecular flexibility index (Phi) is 3.86. The first-order valence-electron chi connectivity index (χ1n) is 6.62. The van der Waals surface area contributed by atoms with Gasteiger partial charge in [0, 0.05) is 24.5 Å². The summed E-state index contributed by atoms with van der Waals surface area (Å²) < 4.78 is 28.8. The second-order valence-electron chi connectivity index (χ2n) is 4.56. The summed E-state index contributed by atoms with van der Waals surface area (Å²) in [5.41, 5.74) is 4.11. The van der Waals surface area contributed by atoms with Gasteiger partial charge in [-0.1, -0.05) is 24.6 Å². The lowest BCUT2D eigenvalue weighted by Gasteiger charge is -2.31. The second kappa shape index (κ2) is 5.68. The van der Waals surface area contributed by atoms with Crippen molar-refractivity contribution in [3.05, 3.63) is 53.3 Å². The first kappa shape index (κ1) is 15.0. The van der Waals surface area contributed by atoms with E-state index in [1.165, 1.54) is 6.07 Å². The molecule has 6 nitrogen and oxygen atoms in total.